The average Bonchev–Trinajstić information content (AvgIpc) is 2.69. The number of piperazine rings is 1. The Morgan fingerprint density at radius 3 is 2.24 bits per heavy atom. The summed E-state index contributed by atoms with van der Waals surface area (Å²) in [6, 6.07) is 10.9. The molecule has 8 nitrogen and oxygen atoms in total. The topological polar surface area (TPSA) is 79.9 Å². The highest BCUT2D eigenvalue weighted by Crippen LogP contribution is 2.13. The van der Waals surface area contributed by atoms with E-state index in [9.17, 15) is 14.7 Å². The molecule has 0 spiro atoms. The third kappa shape index (κ3) is 6.24. The summed E-state index contributed by atoms with van der Waals surface area (Å²) in [5, 5.41) is 10.2. The van der Waals surface area contributed by atoms with Gasteiger partial charge in [0.25, 0.3) is 5.56 Å². The van der Waals surface area contributed by atoms with Crippen LogP contribution in [0, 0.1) is 0 Å². The molecule has 1 saturated heterocycles. The fourth-order valence-electron chi connectivity index (χ4n) is 3.24. The van der Waals surface area contributed by atoms with E-state index in [1.54, 1.807) is 7.05 Å². The molecule has 0 radical (unpaired) electrons. The Morgan fingerprint density at radius 2 is 1.62 bits per heavy atom. The van der Waals surface area contributed by atoms with Gasteiger partial charge in [-0.1, -0.05) is 18.2 Å². The Labute approximate surface area is 182 Å². The van der Waals surface area contributed by atoms with Gasteiger partial charge in [0.2, 0.25) is 0 Å². The van der Waals surface area contributed by atoms with Crippen LogP contribution in [-0.2, 0) is 14.1 Å². The number of ether oxygens (including phenoxy) is 1. The zero-order chi connectivity index (χ0) is 19.4. The summed E-state index contributed by atoms with van der Waals surface area (Å²) >= 11 is 0. The number of benzene rings is 1. The van der Waals surface area contributed by atoms with Crippen molar-refractivity contribution in [2.45, 2.75) is 6.10 Å². The second-order valence-electron chi connectivity index (χ2n) is 6.81. The minimum absolute atomic E-state index is 0. The van der Waals surface area contributed by atoms with Gasteiger partial charge in [0, 0.05) is 52.9 Å². The van der Waals surface area contributed by atoms with Crippen LogP contribution in [0.1, 0.15) is 0 Å². The van der Waals surface area contributed by atoms with E-state index in [0.29, 0.717) is 25.5 Å². The van der Waals surface area contributed by atoms with Gasteiger partial charge < -0.3 is 14.7 Å². The second-order valence-corrected chi connectivity index (χ2v) is 6.81. The predicted octanol–water partition coefficient (Wildman–Crippen LogP) is 0.490. The van der Waals surface area contributed by atoms with Crippen molar-refractivity contribution in [2.24, 2.45) is 14.1 Å². The quantitative estimate of drug-likeness (QED) is 0.695. The predicted molar refractivity (Wildman–Crippen MR) is 118 cm³/mol. The first kappa shape index (κ1) is 25.0. The standard InChI is InChI=1S/C19H26N4O4.2ClH/c1-20-17(12-18(25)21(2)19(20)26)23-10-8-22(9-11-23)13-15(24)14-27-16-6-4-3-5-7-16;;/h3-7,12,15,24H,8-11,13-14H2,1-2H3;2*1H. The summed E-state index contributed by atoms with van der Waals surface area (Å²) in [6.07, 6.45) is -0.579. The molecule has 2 heterocycles. The zero-order valence-electron chi connectivity index (χ0n) is 16.6. The molecule has 1 aromatic heterocycles. The lowest BCUT2D eigenvalue weighted by atomic mass is 10.2. The summed E-state index contributed by atoms with van der Waals surface area (Å²) in [7, 11) is 3.15. The number of hydrogen-bond donors (Lipinski definition) is 1. The van der Waals surface area contributed by atoms with Gasteiger partial charge in [0.05, 0.1) is 0 Å². The lowest BCUT2D eigenvalue weighted by Crippen LogP contribution is -2.51. The molecule has 1 aliphatic heterocycles. The van der Waals surface area contributed by atoms with E-state index in [4.69, 9.17) is 4.74 Å². The smallest absolute Gasteiger partial charge is 0.332 e. The number of aromatic nitrogens is 2. The highest BCUT2D eigenvalue weighted by Gasteiger charge is 2.22. The molecule has 1 atom stereocenters. The van der Waals surface area contributed by atoms with Crippen molar-refractivity contribution in [3.05, 3.63) is 57.2 Å². The van der Waals surface area contributed by atoms with Crippen LogP contribution in [0.2, 0.25) is 0 Å². The van der Waals surface area contributed by atoms with Gasteiger partial charge in [-0.3, -0.25) is 18.8 Å². The van der Waals surface area contributed by atoms with Crippen molar-refractivity contribution in [2.75, 3.05) is 44.2 Å². The molecule has 1 aliphatic rings. The molecule has 3 rings (SSSR count). The van der Waals surface area contributed by atoms with Crippen LogP contribution in [0.25, 0.3) is 0 Å². The largest absolute Gasteiger partial charge is 0.491 e. The van der Waals surface area contributed by atoms with Crippen molar-refractivity contribution in [1.29, 1.82) is 0 Å². The first-order chi connectivity index (χ1) is 13.0. The number of aliphatic hydroxyl groups is 1. The molecule has 1 aromatic carbocycles. The van der Waals surface area contributed by atoms with Crippen LogP contribution in [-0.4, -0.2) is 64.6 Å². The molecule has 0 bridgehead atoms. The number of aliphatic hydroxyl groups excluding tert-OH is 1. The second kappa shape index (κ2) is 11.3. The van der Waals surface area contributed by atoms with Crippen LogP contribution >= 0.6 is 24.8 Å². The summed E-state index contributed by atoms with van der Waals surface area (Å²) in [5.41, 5.74) is -0.627. The van der Waals surface area contributed by atoms with E-state index in [1.165, 1.54) is 17.7 Å². The SMILES string of the molecule is Cl.Cl.Cn1c(N2CCN(CC(O)COc3ccccc3)CC2)cc(=O)n(C)c1=O. The minimum Gasteiger partial charge on any atom is -0.491 e. The normalized spacial score (nSPS) is 15.2. The van der Waals surface area contributed by atoms with Crippen molar-refractivity contribution in [3.63, 3.8) is 0 Å². The van der Waals surface area contributed by atoms with Crippen LogP contribution in [0.4, 0.5) is 5.82 Å². The molecule has 0 saturated carbocycles. The molecule has 1 N–H and O–H groups in total. The number of hydrogen-bond acceptors (Lipinski definition) is 6. The Hall–Kier alpha value is -2.00. The summed E-state index contributed by atoms with van der Waals surface area (Å²) in [4.78, 5) is 28.2. The fraction of sp³-hybridized carbons (Fsp3) is 0.474. The third-order valence-electron chi connectivity index (χ3n) is 4.85. The Morgan fingerprint density at radius 1 is 1.00 bits per heavy atom. The molecule has 29 heavy (non-hydrogen) atoms. The Balaban J connectivity index is 0.00000210. The highest BCUT2D eigenvalue weighted by atomic mass is 35.5. The molecule has 162 valence electrons. The molecular formula is C19H28Cl2N4O4. The van der Waals surface area contributed by atoms with E-state index in [0.717, 1.165) is 23.4 Å². The average molecular weight is 447 g/mol. The van der Waals surface area contributed by atoms with Crippen LogP contribution in [0.5, 0.6) is 5.75 Å². The van der Waals surface area contributed by atoms with Crippen LogP contribution < -0.4 is 20.9 Å². The number of halogens is 2. The maximum atomic E-state index is 12.1. The molecule has 0 aliphatic carbocycles. The highest BCUT2D eigenvalue weighted by molar-refractivity contribution is 5.85. The first-order valence-electron chi connectivity index (χ1n) is 9.06. The van der Waals surface area contributed by atoms with E-state index in [2.05, 4.69) is 4.90 Å². The van der Waals surface area contributed by atoms with Gasteiger partial charge in [0.15, 0.2) is 0 Å². The lowest BCUT2D eigenvalue weighted by molar-refractivity contribution is 0.0662. The monoisotopic (exact) mass is 446 g/mol. The first-order valence-corrected chi connectivity index (χ1v) is 9.06. The third-order valence-corrected chi connectivity index (χ3v) is 4.85. The van der Waals surface area contributed by atoms with E-state index in [-0.39, 0.29) is 42.7 Å². The number of rotatable bonds is 6. The Kier molecular flexibility index (Phi) is 9.72. The molecule has 10 heteroatoms. The zero-order valence-corrected chi connectivity index (χ0v) is 18.2. The number of para-hydroxylation sites is 1. The van der Waals surface area contributed by atoms with E-state index < -0.39 is 6.10 Å². The van der Waals surface area contributed by atoms with Gasteiger partial charge in [-0.2, -0.15) is 0 Å². The fourth-order valence-corrected chi connectivity index (χ4v) is 3.24. The van der Waals surface area contributed by atoms with Gasteiger partial charge in [0.1, 0.15) is 24.3 Å². The number of nitrogens with zero attached hydrogens (tertiary/aromatic N) is 4. The van der Waals surface area contributed by atoms with Crippen molar-refractivity contribution >= 4 is 30.6 Å². The maximum Gasteiger partial charge on any atom is 0.332 e. The minimum atomic E-state index is -0.579. The van der Waals surface area contributed by atoms with Crippen molar-refractivity contribution in [3.8, 4) is 5.75 Å². The molecule has 0 amide bonds. The number of β-amino-alcohol motifs (C(OH)–C–C–N with tert-alkyl or cyclic N) is 1. The molecule has 2 aromatic rings. The summed E-state index contributed by atoms with van der Waals surface area (Å²) in [5.74, 6) is 1.38. The molecular weight excluding hydrogens is 419 g/mol. The van der Waals surface area contributed by atoms with Crippen molar-refractivity contribution < 1.29 is 9.84 Å². The van der Waals surface area contributed by atoms with Gasteiger partial charge in [-0.05, 0) is 12.1 Å². The number of anilines is 1. The van der Waals surface area contributed by atoms with E-state index in [1.807, 2.05) is 35.2 Å². The van der Waals surface area contributed by atoms with Crippen LogP contribution in [0.15, 0.2) is 46.0 Å². The molecule has 1 fully saturated rings. The van der Waals surface area contributed by atoms with Gasteiger partial charge in [-0.15, -0.1) is 24.8 Å². The summed E-state index contributed by atoms with van der Waals surface area (Å²) in [6.45, 7) is 3.63. The Bertz CT molecular complexity index is 880. The summed E-state index contributed by atoms with van der Waals surface area (Å²) < 4.78 is 8.19. The van der Waals surface area contributed by atoms with Crippen molar-refractivity contribution in [1.82, 2.24) is 14.0 Å². The maximum absolute atomic E-state index is 12.1. The van der Waals surface area contributed by atoms with Gasteiger partial charge >= 0.3 is 5.69 Å². The molecule has 1 unspecified atom stereocenters. The van der Waals surface area contributed by atoms with E-state index >= 15 is 0 Å². The van der Waals surface area contributed by atoms with Crippen LogP contribution in [0.3, 0.4) is 0 Å². The lowest BCUT2D eigenvalue weighted by Gasteiger charge is -2.37. The van der Waals surface area contributed by atoms with Gasteiger partial charge in [-0.25, -0.2) is 4.79 Å².